The molecule has 0 spiro atoms. The fraction of sp³-hybridized carbons (Fsp3) is 1.00. The molecule has 70 heavy (non-hydrogen) atoms. The Morgan fingerprint density at radius 2 is 0.557 bits per heavy atom. The highest BCUT2D eigenvalue weighted by Crippen LogP contribution is 2.27. The molecule has 0 aliphatic carbocycles. The van der Waals surface area contributed by atoms with Gasteiger partial charge in [-0.3, -0.25) is 0 Å². The lowest BCUT2D eigenvalue weighted by Crippen LogP contribution is -2.61. The van der Waals surface area contributed by atoms with Gasteiger partial charge in [-0.2, -0.15) is 0 Å². The summed E-state index contributed by atoms with van der Waals surface area (Å²) in [7, 11) is 0. The van der Waals surface area contributed by atoms with Gasteiger partial charge in [0.05, 0.1) is 64.6 Å². The Labute approximate surface area is 402 Å². The molecule has 2 heterocycles. The van der Waals surface area contributed by atoms with E-state index in [0.29, 0.717) is 0 Å². The molecule has 0 aromatic carbocycles. The summed E-state index contributed by atoms with van der Waals surface area (Å²) in [6.07, 6.45) is -39.0. The molecule has 424 valence electrons. The highest BCUT2D eigenvalue weighted by atomic mass is 16.7. The van der Waals surface area contributed by atoms with E-state index in [2.05, 4.69) is 0 Å². The molecular formula is C39H82O31. The SMILES string of the molecule is CC[C@@H](O)[C@@H](O[C@H]1OC(CO)[C@@H](O)[C@@H](O)C1O)[C@H](O)[C@@H](O)CO.CC[C@H](O)[C@@H](O)[C@@H](O)[C@H](O)CO.CC[C@H](O)[C@@H](O)[C@H](O)[C@H](O)CO.OCC1O[C@@H](O[C@@H]([C@H](O)[C@@H](O)CO)[C@H](O)CO)C(O)[C@@H](O)[C@H]1O. The number of hydrogen-bond donors (Lipinski definition) is 27. The lowest BCUT2D eigenvalue weighted by molar-refractivity contribution is -0.327. The first-order valence-corrected chi connectivity index (χ1v) is 22.1. The van der Waals surface area contributed by atoms with Gasteiger partial charge in [0.15, 0.2) is 12.6 Å². The Bertz CT molecular complexity index is 1150. The maximum Gasteiger partial charge on any atom is 0.187 e. The van der Waals surface area contributed by atoms with Crippen LogP contribution >= 0.6 is 0 Å². The van der Waals surface area contributed by atoms with Crippen molar-refractivity contribution in [3.8, 4) is 0 Å². The predicted molar refractivity (Wildman–Crippen MR) is 228 cm³/mol. The standard InChI is InChI=1S/C13H26O10.C12H24O11.2C7H16O5/c1-2-5(16)12(8(18)6(17)3-14)23-13-11(21)10(20)9(19)7(4-15)22-13;13-1-4(16)7(18)11(5(17)2-14)23-12-10(21)9(20)8(19)6(3-15)22-12;2*1-2-4(9)6(11)7(12)5(10)3-8/h5-21H,2-4H2,1H3;4-21H,1-3H2;2*4-12H,2-3H2,1H3/t5-,6+,7?,8-,9-,10-,11?,12-,13-;4-,5+,6?,7+,8-,9-,10?,11+,12-;4-,5+,6+,7+;4-,5+,6+,7-/m1000/s1. The molecule has 2 rings (SSSR count). The predicted octanol–water partition coefficient (Wildman–Crippen LogP) is -14.4. The fourth-order valence-electron chi connectivity index (χ4n) is 6.07. The summed E-state index contributed by atoms with van der Waals surface area (Å²) in [5.41, 5.74) is 0. The molecular weight excluding hydrogens is 964 g/mol. The Hall–Kier alpha value is -1.24. The topological polar surface area (TPSA) is 583 Å². The molecule has 4 unspecified atom stereocenters. The quantitative estimate of drug-likeness (QED) is 0.0382. The van der Waals surface area contributed by atoms with Gasteiger partial charge in [0.2, 0.25) is 0 Å². The van der Waals surface area contributed by atoms with Crippen molar-refractivity contribution < 1.29 is 157 Å². The minimum absolute atomic E-state index is 0.122. The van der Waals surface area contributed by atoms with E-state index in [4.69, 9.17) is 95.5 Å². The summed E-state index contributed by atoms with van der Waals surface area (Å²) in [4.78, 5) is 0. The van der Waals surface area contributed by atoms with E-state index >= 15 is 0 Å². The van der Waals surface area contributed by atoms with Crippen molar-refractivity contribution in [2.75, 3.05) is 46.2 Å². The van der Waals surface area contributed by atoms with Gasteiger partial charge in [-0.05, 0) is 19.3 Å². The number of hydrogen-bond acceptors (Lipinski definition) is 31. The third-order valence-electron chi connectivity index (χ3n) is 11.0. The average Bonchev–Trinajstić information content (AvgIpc) is 3.38. The Balaban J connectivity index is 0. The highest BCUT2D eigenvalue weighted by molar-refractivity contribution is 4.93. The summed E-state index contributed by atoms with van der Waals surface area (Å²) >= 11 is 0. The van der Waals surface area contributed by atoms with E-state index in [1.807, 2.05) is 0 Å². The third-order valence-corrected chi connectivity index (χ3v) is 11.0. The second-order valence-electron chi connectivity index (χ2n) is 16.2. The molecule has 26 atom stereocenters. The van der Waals surface area contributed by atoms with E-state index in [-0.39, 0.29) is 19.3 Å². The van der Waals surface area contributed by atoms with E-state index in [1.54, 1.807) is 20.8 Å². The average molecular weight is 1050 g/mol. The maximum absolute atomic E-state index is 9.94. The van der Waals surface area contributed by atoms with E-state index in [9.17, 15) is 61.3 Å². The Kier molecular flexibility index (Phi) is 37.1. The zero-order valence-corrected chi connectivity index (χ0v) is 38.8. The monoisotopic (exact) mass is 1050 g/mol. The van der Waals surface area contributed by atoms with E-state index in [1.165, 1.54) is 0 Å². The van der Waals surface area contributed by atoms with Crippen LogP contribution in [0.3, 0.4) is 0 Å². The molecule has 0 bridgehead atoms. The number of ether oxygens (including phenoxy) is 4. The molecule has 0 amide bonds. The van der Waals surface area contributed by atoms with Gasteiger partial charge < -0.3 is 157 Å². The van der Waals surface area contributed by atoms with Crippen LogP contribution in [0.2, 0.25) is 0 Å². The molecule has 27 N–H and O–H groups in total. The lowest BCUT2D eigenvalue weighted by atomic mass is 9.98. The van der Waals surface area contributed by atoms with Crippen molar-refractivity contribution >= 4 is 0 Å². The summed E-state index contributed by atoms with van der Waals surface area (Å²) in [6.45, 7) is -0.349. The molecule has 0 aromatic rings. The molecule has 0 saturated carbocycles. The van der Waals surface area contributed by atoms with Gasteiger partial charge in [0.1, 0.15) is 128 Å². The van der Waals surface area contributed by atoms with Gasteiger partial charge in [-0.15, -0.1) is 0 Å². The number of aliphatic hydroxyl groups is 27. The van der Waals surface area contributed by atoms with Crippen molar-refractivity contribution in [3.05, 3.63) is 0 Å². The summed E-state index contributed by atoms with van der Waals surface area (Å²) in [5.74, 6) is 0. The van der Waals surface area contributed by atoms with Crippen LogP contribution in [0.4, 0.5) is 0 Å². The highest BCUT2D eigenvalue weighted by Gasteiger charge is 2.48. The van der Waals surface area contributed by atoms with Crippen LogP contribution < -0.4 is 0 Å². The van der Waals surface area contributed by atoms with E-state index < -0.39 is 205 Å². The fourth-order valence-corrected chi connectivity index (χ4v) is 6.07. The first-order valence-electron chi connectivity index (χ1n) is 22.1. The molecule has 2 fully saturated rings. The number of aliphatic hydroxyl groups excluding tert-OH is 27. The van der Waals surface area contributed by atoms with Crippen LogP contribution in [-0.2, 0) is 18.9 Å². The zero-order valence-electron chi connectivity index (χ0n) is 38.8. The van der Waals surface area contributed by atoms with Crippen molar-refractivity contribution in [1.82, 2.24) is 0 Å². The molecule has 0 aromatic heterocycles. The van der Waals surface area contributed by atoms with Crippen molar-refractivity contribution in [2.24, 2.45) is 0 Å². The molecule has 31 heteroatoms. The molecule has 0 radical (unpaired) electrons. The van der Waals surface area contributed by atoms with Crippen molar-refractivity contribution in [3.63, 3.8) is 0 Å². The zero-order chi connectivity index (χ0) is 54.9. The van der Waals surface area contributed by atoms with Crippen LogP contribution in [0, 0.1) is 0 Å². The maximum atomic E-state index is 9.94. The first kappa shape index (κ1) is 70.8. The molecule has 2 aliphatic heterocycles. The normalized spacial score (nSPS) is 31.8. The minimum atomic E-state index is -1.85. The summed E-state index contributed by atoms with van der Waals surface area (Å²) < 4.78 is 20.5. The van der Waals surface area contributed by atoms with Crippen LogP contribution in [0.15, 0.2) is 0 Å². The molecule has 2 aliphatic rings. The van der Waals surface area contributed by atoms with Gasteiger partial charge in [0, 0.05) is 0 Å². The lowest BCUT2D eigenvalue weighted by Gasteiger charge is -2.42. The van der Waals surface area contributed by atoms with Crippen LogP contribution in [0.5, 0.6) is 0 Å². The minimum Gasteiger partial charge on any atom is -0.394 e. The smallest absolute Gasteiger partial charge is 0.187 e. The second-order valence-corrected chi connectivity index (χ2v) is 16.2. The van der Waals surface area contributed by atoms with Crippen molar-refractivity contribution in [2.45, 2.75) is 199 Å². The van der Waals surface area contributed by atoms with E-state index in [0.717, 1.165) is 0 Å². The van der Waals surface area contributed by atoms with Crippen molar-refractivity contribution in [1.29, 1.82) is 0 Å². The van der Waals surface area contributed by atoms with Gasteiger partial charge >= 0.3 is 0 Å². The largest absolute Gasteiger partial charge is 0.394 e. The Morgan fingerprint density at radius 1 is 0.314 bits per heavy atom. The van der Waals surface area contributed by atoms with Gasteiger partial charge in [-0.1, -0.05) is 20.8 Å². The second kappa shape index (κ2) is 36.7. The van der Waals surface area contributed by atoms with Crippen LogP contribution in [0.1, 0.15) is 40.0 Å². The van der Waals surface area contributed by atoms with Crippen LogP contribution in [0.25, 0.3) is 0 Å². The van der Waals surface area contributed by atoms with Gasteiger partial charge in [0.25, 0.3) is 0 Å². The molecule has 2 saturated heterocycles. The summed E-state index contributed by atoms with van der Waals surface area (Å²) in [6, 6.07) is 0. The number of rotatable bonds is 26. The third kappa shape index (κ3) is 21.9. The van der Waals surface area contributed by atoms with Crippen LogP contribution in [-0.4, -0.2) is 343 Å². The first-order chi connectivity index (χ1) is 32.6. The van der Waals surface area contributed by atoms with Gasteiger partial charge in [-0.25, -0.2) is 0 Å². The summed E-state index contributed by atoms with van der Waals surface area (Å²) in [5, 5.41) is 250. The molecule has 31 nitrogen and oxygen atoms in total. The Morgan fingerprint density at radius 3 is 0.800 bits per heavy atom.